The van der Waals surface area contributed by atoms with E-state index in [2.05, 4.69) is 0 Å². The molecule has 0 bridgehead atoms. The maximum Gasteiger partial charge on any atom is 0.326 e. The second-order valence-corrected chi connectivity index (χ2v) is 7.68. The van der Waals surface area contributed by atoms with Crippen molar-refractivity contribution in [3.63, 3.8) is 0 Å². The minimum Gasteiger partial charge on any atom is -0.497 e. The Bertz CT molecular complexity index is 1050. The summed E-state index contributed by atoms with van der Waals surface area (Å²) in [6, 6.07) is 7.37. The van der Waals surface area contributed by atoms with E-state index in [1.165, 1.54) is 13.2 Å². The van der Waals surface area contributed by atoms with Crippen molar-refractivity contribution in [1.29, 1.82) is 0 Å². The van der Waals surface area contributed by atoms with Crippen LogP contribution in [0.5, 0.6) is 11.5 Å². The predicted molar refractivity (Wildman–Crippen MR) is 98.3 cm³/mol. The van der Waals surface area contributed by atoms with Gasteiger partial charge in [-0.3, -0.25) is 9.59 Å². The molecule has 0 saturated carbocycles. The molecule has 1 amide bonds. The number of methoxy groups -OCH3 is 1. The van der Waals surface area contributed by atoms with Crippen molar-refractivity contribution in [2.24, 2.45) is 0 Å². The van der Waals surface area contributed by atoms with Crippen LogP contribution in [-0.2, 0) is 21.6 Å². The van der Waals surface area contributed by atoms with Crippen molar-refractivity contribution < 1.29 is 31.9 Å². The zero-order chi connectivity index (χ0) is 20.5. The Morgan fingerprint density at radius 3 is 2.61 bits per heavy atom. The number of benzene rings is 2. The van der Waals surface area contributed by atoms with Gasteiger partial charge in [-0.1, -0.05) is 6.07 Å². The molecular weight excluding hydrogens is 391 g/mol. The SMILES string of the molecule is COc1ccc(COc2cc(C=O)cc(F)c2N2CC(=O)NS2(=O)=O)c(C)c1. The molecule has 0 unspecified atom stereocenters. The van der Waals surface area contributed by atoms with Crippen LogP contribution in [0.3, 0.4) is 0 Å². The summed E-state index contributed by atoms with van der Waals surface area (Å²) >= 11 is 0. The van der Waals surface area contributed by atoms with Gasteiger partial charge in [-0.2, -0.15) is 8.42 Å². The van der Waals surface area contributed by atoms with Crippen molar-refractivity contribution in [1.82, 2.24) is 4.72 Å². The number of halogens is 1. The summed E-state index contributed by atoms with van der Waals surface area (Å²) in [5.41, 5.74) is 1.13. The van der Waals surface area contributed by atoms with Crippen LogP contribution in [-0.4, -0.2) is 34.3 Å². The molecular formula is C18H17FN2O6S. The summed E-state index contributed by atoms with van der Waals surface area (Å²) in [5.74, 6) is -1.30. The number of hydrogen-bond donors (Lipinski definition) is 1. The Morgan fingerprint density at radius 1 is 1.29 bits per heavy atom. The molecule has 1 aliphatic heterocycles. The number of carbonyl (C=O) groups excluding carboxylic acids is 2. The lowest BCUT2D eigenvalue weighted by Crippen LogP contribution is -2.30. The maximum absolute atomic E-state index is 14.6. The molecule has 0 atom stereocenters. The Labute approximate surface area is 161 Å². The summed E-state index contributed by atoms with van der Waals surface area (Å²) in [4.78, 5) is 22.6. The molecule has 0 radical (unpaired) electrons. The molecule has 28 heavy (non-hydrogen) atoms. The Kier molecular flexibility index (Phi) is 5.23. The van der Waals surface area contributed by atoms with Gasteiger partial charge >= 0.3 is 10.2 Å². The third-order valence-corrected chi connectivity index (χ3v) is 5.57. The van der Waals surface area contributed by atoms with E-state index in [0.717, 1.165) is 17.2 Å². The number of hydrogen-bond acceptors (Lipinski definition) is 6. The molecule has 1 heterocycles. The fraction of sp³-hybridized carbons (Fsp3) is 0.222. The van der Waals surface area contributed by atoms with Crippen LogP contribution in [0.2, 0.25) is 0 Å². The van der Waals surface area contributed by atoms with Crippen LogP contribution >= 0.6 is 0 Å². The largest absolute Gasteiger partial charge is 0.497 e. The van der Waals surface area contributed by atoms with Crippen molar-refractivity contribution >= 4 is 28.1 Å². The molecule has 0 spiro atoms. The first-order valence-corrected chi connectivity index (χ1v) is 9.57. The molecule has 1 saturated heterocycles. The highest BCUT2D eigenvalue weighted by atomic mass is 32.2. The number of nitrogens with zero attached hydrogens (tertiary/aromatic N) is 1. The molecule has 1 aliphatic rings. The number of amides is 1. The van der Waals surface area contributed by atoms with Gasteiger partial charge in [0.25, 0.3) is 5.91 Å². The van der Waals surface area contributed by atoms with Gasteiger partial charge in [-0.25, -0.2) is 13.4 Å². The third-order valence-electron chi connectivity index (χ3n) is 4.19. The molecule has 2 aromatic rings. The lowest BCUT2D eigenvalue weighted by atomic mass is 10.1. The molecule has 2 aromatic carbocycles. The van der Waals surface area contributed by atoms with E-state index in [9.17, 15) is 22.4 Å². The van der Waals surface area contributed by atoms with E-state index in [1.807, 2.05) is 6.92 Å². The summed E-state index contributed by atoms with van der Waals surface area (Å²) in [5, 5.41) is 0. The number of anilines is 1. The van der Waals surface area contributed by atoms with Crippen LogP contribution in [0, 0.1) is 12.7 Å². The average molecular weight is 408 g/mol. The van der Waals surface area contributed by atoms with Crippen molar-refractivity contribution in [2.75, 3.05) is 18.0 Å². The predicted octanol–water partition coefficient (Wildman–Crippen LogP) is 1.72. The summed E-state index contributed by atoms with van der Waals surface area (Å²) in [7, 11) is -2.71. The highest BCUT2D eigenvalue weighted by molar-refractivity contribution is 7.92. The van der Waals surface area contributed by atoms with E-state index in [4.69, 9.17) is 9.47 Å². The van der Waals surface area contributed by atoms with Crippen LogP contribution in [0.1, 0.15) is 21.5 Å². The summed E-state index contributed by atoms with van der Waals surface area (Å²) in [6.45, 7) is 1.23. The average Bonchev–Trinajstić information content (AvgIpc) is 2.91. The van der Waals surface area contributed by atoms with Crippen molar-refractivity contribution in [3.05, 3.63) is 52.8 Å². The molecule has 1 N–H and O–H groups in total. The Balaban J connectivity index is 1.99. The fourth-order valence-corrected chi connectivity index (χ4v) is 3.94. The van der Waals surface area contributed by atoms with Crippen molar-refractivity contribution in [2.45, 2.75) is 13.5 Å². The molecule has 148 valence electrons. The van der Waals surface area contributed by atoms with Gasteiger partial charge in [0.2, 0.25) is 0 Å². The topological polar surface area (TPSA) is 102 Å². The molecule has 8 nitrogen and oxygen atoms in total. The van der Waals surface area contributed by atoms with E-state index in [1.54, 1.807) is 22.9 Å². The molecule has 0 aliphatic carbocycles. The summed E-state index contributed by atoms with van der Waals surface area (Å²) < 4.78 is 52.0. The van der Waals surface area contributed by atoms with E-state index < -0.39 is 34.2 Å². The van der Waals surface area contributed by atoms with Gasteiger partial charge < -0.3 is 9.47 Å². The zero-order valence-corrected chi connectivity index (χ0v) is 15.9. The summed E-state index contributed by atoms with van der Waals surface area (Å²) in [6.07, 6.45) is 0.417. The first kappa shape index (κ1) is 19.6. The number of nitrogens with one attached hydrogen (secondary N) is 1. The van der Waals surface area contributed by atoms with Gasteiger partial charge in [-0.05, 0) is 42.3 Å². The van der Waals surface area contributed by atoms with Gasteiger partial charge in [0.15, 0.2) is 5.82 Å². The quantitative estimate of drug-likeness (QED) is 0.731. The van der Waals surface area contributed by atoms with Crippen LogP contribution in [0.25, 0.3) is 0 Å². The first-order valence-electron chi connectivity index (χ1n) is 8.13. The Morgan fingerprint density at radius 2 is 2.04 bits per heavy atom. The van der Waals surface area contributed by atoms with E-state index in [-0.39, 0.29) is 17.9 Å². The zero-order valence-electron chi connectivity index (χ0n) is 15.1. The van der Waals surface area contributed by atoms with Crippen LogP contribution in [0.15, 0.2) is 30.3 Å². The number of ether oxygens (including phenoxy) is 2. The Hall–Kier alpha value is -3.14. The minimum absolute atomic E-state index is 0.0140. The number of aldehydes is 1. The maximum atomic E-state index is 14.6. The second kappa shape index (κ2) is 7.47. The number of aryl methyl sites for hydroxylation is 1. The highest BCUT2D eigenvalue weighted by Gasteiger charge is 2.37. The highest BCUT2D eigenvalue weighted by Crippen LogP contribution is 2.36. The van der Waals surface area contributed by atoms with Gasteiger partial charge in [0.1, 0.15) is 36.6 Å². The lowest BCUT2D eigenvalue weighted by molar-refractivity contribution is -0.117. The second-order valence-electron chi connectivity index (χ2n) is 6.09. The van der Waals surface area contributed by atoms with Crippen molar-refractivity contribution in [3.8, 4) is 11.5 Å². The molecule has 0 aromatic heterocycles. The van der Waals surface area contributed by atoms with Gasteiger partial charge in [0, 0.05) is 5.56 Å². The monoisotopic (exact) mass is 408 g/mol. The molecule has 10 heteroatoms. The number of carbonyl (C=O) groups is 2. The van der Waals surface area contributed by atoms with Gasteiger partial charge in [-0.15, -0.1) is 0 Å². The normalized spacial score (nSPS) is 15.2. The van der Waals surface area contributed by atoms with Gasteiger partial charge in [0.05, 0.1) is 7.11 Å². The fourth-order valence-electron chi connectivity index (χ4n) is 2.77. The molecule has 1 fully saturated rings. The lowest BCUT2D eigenvalue weighted by Gasteiger charge is -2.20. The standard InChI is InChI=1S/C18H17FN2O6S/c1-11-5-14(26-2)4-3-13(11)10-27-16-7-12(9-22)6-15(19)18(16)21-8-17(23)20-28(21,24)25/h3-7,9H,8,10H2,1-2H3,(H,20,23). The number of rotatable bonds is 6. The smallest absolute Gasteiger partial charge is 0.326 e. The molecule has 3 rings (SSSR count). The van der Waals surface area contributed by atoms with E-state index >= 15 is 0 Å². The minimum atomic E-state index is -4.25. The van der Waals surface area contributed by atoms with Crippen LogP contribution in [0.4, 0.5) is 10.1 Å². The van der Waals surface area contributed by atoms with E-state index in [0.29, 0.717) is 16.3 Å². The van der Waals surface area contributed by atoms with Crippen LogP contribution < -0.4 is 18.5 Å². The first-order chi connectivity index (χ1) is 13.2. The third kappa shape index (κ3) is 3.77.